The molecule has 6 nitrogen and oxygen atoms in total. The molecule has 0 aliphatic carbocycles. The zero-order valence-corrected chi connectivity index (χ0v) is 12.9. The molecule has 0 fully saturated rings. The summed E-state index contributed by atoms with van der Waals surface area (Å²) in [7, 11) is 0. The van der Waals surface area contributed by atoms with E-state index in [2.05, 4.69) is 15.5 Å². The lowest BCUT2D eigenvalue weighted by atomic mass is 10.3. The van der Waals surface area contributed by atoms with Gasteiger partial charge in [0.1, 0.15) is 6.54 Å². The smallest absolute Gasteiger partial charge is 0.354 e. The van der Waals surface area contributed by atoms with Crippen LogP contribution in [-0.4, -0.2) is 32.0 Å². The van der Waals surface area contributed by atoms with Gasteiger partial charge < -0.3 is 5.32 Å². The SMILES string of the molecule is Cc1cnn(CC(=O)NCCCn2nc(C(F)(F)F)cc2C)c1. The predicted molar refractivity (Wildman–Crippen MR) is 76.6 cm³/mol. The molecule has 0 aliphatic heterocycles. The summed E-state index contributed by atoms with van der Waals surface area (Å²) in [6.45, 7) is 4.24. The Labute approximate surface area is 131 Å². The van der Waals surface area contributed by atoms with Gasteiger partial charge >= 0.3 is 6.18 Å². The van der Waals surface area contributed by atoms with Crippen LogP contribution in [0.2, 0.25) is 0 Å². The largest absolute Gasteiger partial charge is 0.435 e. The van der Waals surface area contributed by atoms with Crippen molar-refractivity contribution in [2.45, 2.75) is 39.5 Å². The van der Waals surface area contributed by atoms with Gasteiger partial charge in [-0.2, -0.15) is 23.4 Å². The number of hydrogen-bond acceptors (Lipinski definition) is 3. The van der Waals surface area contributed by atoms with Crippen LogP contribution in [0.5, 0.6) is 0 Å². The molecule has 2 aromatic rings. The normalized spacial score (nSPS) is 11.7. The maximum absolute atomic E-state index is 12.5. The highest BCUT2D eigenvalue weighted by Gasteiger charge is 2.34. The van der Waals surface area contributed by atoms with Crippen molar-refractivity contribution >= 4 is 5.91 Å². The molecule has 1 N–H and O–H groups in total. The minimum Gasteiger partial charge on any atom is -0.354 e. The van der Waals surface area contributed by atoms with Gasteiger partial charge in [0.05, 0.1) is 6.20 Å². The van der Waals surface area contributed by atoms with Crippen LogP contribution in [0.15, 0.2) is 18.5 Å². The van der Waals surface area contributed by atoms with Crippen LogP contribution in [-0.2, 0) is 24.1 Å². The van der Waals surface area contributed by atoms with E-state index in [4.69, 9.17) is 0 Å². The Morgan fingerprint density at radius 2 is 2.09 bits per heavy atom. The second kappa shape index (κ2) is 6.84. The Bertz CT molecular complexity index is 674. The Morgan fingerprint density at radius 1 is 1.35 bits per heavy atom. The second-order valence-corrected chi connectivity index (χ2v) is 5.31. The first-order valence-electron chi connectivity index (χ1n) is 7.13. The first-order chi connectivity index (χ1) is 10.8. The average Bonchev–Trinajstić information content (AvgIpc) is 3.01. The van der Waals surface area contributed by atoms with E-state index in [0.29, 0.717) is 25.2 Å². The van der Waals surface area contributed by atoms with E-state index in [1.165, 1.54) is 9.36 Å². The van der Waals surface area contributed by atoms with Gasteiger partial charge in [-0.1, -0.05) is 0 Å². The van der Waals surface area contributed by atoms with E-state index < -0.39 is 11.9 Å². The highest BCUT2D eigenvalue weighted by atomic mass is 19.4. The van der Waals surface area contributed by atoms with Gasteiger partial charge in [-0.15, -0.1) is 0 Å². The van der Waals surface area contributed by atoms with Crippen LogP contribution in [0.3, 0.4) is 0 Å². The summed E-state index contributed by atoms with van der Waals surface area (Å²) < 4.78 is 40.5. The van der Waals surface area contributed by atoms with Crippen LogP contribution < -0.4 is 5.32 Å². The van der Waals surface area contributed by atoms with Gasteiger partial charge in [-0.25, -0.2) is 0 Å². The van der Waals surface area contributed by atoms with Crippen LogP contribution in [0.4, 0.5) is 13.2 Å². The predicted octanol–water partition coefficient (Wildman–Crippen LogP) is 1.92. The number of amides is 1. The third-order valence-electron chi connectivity index (χ3n) is 3.21. The van der Waals surface area contributed by atoms with Crippen LogP contribution >= 0.6 is 0 Å². The molecule has 0 radical (unpaired) electrons. The number of nitrogens with zero attached hydrogens (tertiary/aromatic N) is 4. The van der Waals surface area contributed by atoms with Gasteiger partial charge in [0.15, 0.2) is 5.69 Å². The molecule has 9 heteroatoms. The Hall–Kier alpha value is -2.32. The second-order valence-electron chi connectivity index (χ2n) is 5.31. The topological polar surface area (TPSA) is 64.7 Å². The number of hydrogen-bond donors (Lipinski definition) is 1. The van der Waals surface area contributed by atoms with Crippen molar-refractivity contribution < 1.29 is 18.0 Å². The lowest BCUT2D eigenvalue weighted by molar-refractivity contribution is -0.141. The Balaban J connectivity index is 1.75. The van der Waals surface area contributed by atoms with Gasteiger partial charge in [0.2, 0.25) is 5.91 Å². The van der Waals surface area contributed by atoms with E-state index in [0.717, 1.165) is 11.6 Å². The number of halogens is 3. The first kappa shape index (κ1) is 17.0. The number of aryl methyl sites for hydroxylation is 3. The molecule has 2 rings (SSSR count). The van der Waals surface area contributed by atoms with Crippen molar-refractivity contribution in [3.63, 3.8) is 0 Å². The number of carbonyl (C=O) groups is 1. The molecule has 0 aliphatic rings. The van der Waals surface area contributed by atoms with Crippen molar-refractivity contribution in [3.8, 4) is 0 Å². The fraction of sp³-hybridized carbons (Fsp3) is 0.500. The molecule has 23 heavy (non-hydrogen) atoms. The maximum atomic E-state index is 12.5. The zero-order valence-electron chi connectivity index (χ0n) is 12.9. The van der Waals surface area contributed by atoms with E-state index in [1.54, 1.807) is 19.3 Å². The zero-order chi connectivity index (χ0) is 17.0. The minimum absolute atomic E-state index is 0.118. The van der Waals surface area contributed by atoms with E-state index in [-0.39, 0.29) is 12.5 Å². The first-order valence-corrected chi connectivity index (χ1v) is 7.13. The fourth-order valence-corrected chi connectivity index (χ4v) is 2.09. The van der Waals surface area contributed by atoms with Crippen molar-refractivity contribution in [2.24, 2.45) is 0 Å². The van der Waals surface area contributed by atoms with Crippen molar-refractivity contribution in [1.82, 2.24) is 24.9 Å². The molecule has 0 bridgehead atoms. The monoisotopic (exact) mass is 329 g/mol. The molecular weight excluding hydrogens is 311 g/mol. The van der Waals surface area contributed by atoms with Crippen molar-refractivity contribution in [2.75, 3.05) is 6.54 Å². The summed E-state index contributed by atoms with van der Waals surface area (Å²) in [6.07, 6.45) is -0.535. The number of alkyl halides is 3. The Kier molecular flexibility index (Phi) is 5.07. The summed E-state index contributed by atoms with van der Waals surface area (Å²) in [6, 6.07) is 1.01. The molecule has 0 saturated heterocycles. The average molecular weight is 329 g/mol. The van der Waals surface area contributed by atoms with Gasteiger partial charge in [0, 0.05) is 25.0 Å². The van der Waals surface area contributed by atoms with Crippen LogP contribution in [0.1, 0.15) is 23.4 Å². The summed E-state index contributed by atoms with van der Waals surface area (Å²) in [5, 5.41) is 10.2. The van der Waals surface area contributed by atoms with Gasteiger partial charge in [0.25, 0.3) is 0 Å². The van der Waals surface area contributed by atoms with Crippen LogP contribution in [0, 0.1) is 13.8 Å². The highest BCUT2D eigenvalue weighted by molar-refractivity contribution is 5.75. The maximum Gasteiger partial charge on any atom is 0.435 e. The third kappa shape index (κ3) is 4.83. The number of rotatable bonds is 6. The molecule has 0 atom stereocenters. The van der Waals surface area contributed by atoms with Gasteiger partial charge in [-0.05, 0) is 31.9 Å². The van der Waals surface area contributed by atoms with E-state index in [9.17, 15) is 18.0 Å². The molecule has 0 aromatic carbocycles. The molecule has 0 saturated carbocycles. The molecule has 2 heterocycles. The van der Waals surface area contributed by atoms with E-state index >= 15 is 0 Å². The summed E-state index contributed by atoms with van der Waals surface area (Å²) in [5.41, 5.74) is 0.510. The summed E-state index contributed by atoms with van der Waals surface area (Å²) >= 11 is 0. The number of aromatic nitrogens is 4. The molecule has 1 amide bonds. The quantitative estimate of drug-likeness (QED) is 0.824. The lowest BCUT2D eigenvalue weighted by Crippen LogP contribution is -2.29. The molecule has 0 spiro atoms. The standard InChI is InChI=1S/C14H18F3N5O/c1-10-7-19-21(8-10)9-13(23)18-4-3-5-22-11(2)6-12(20-22)14(15,16)17/h6-8H,3-5,9H2,1-2H3,(H,18,23). The third-order valence-corrected chi connectivity index (χ3v) is 3.21. The Morgan fingerprint density at radius 3 is 2.65 bits per heavy atom. The summed E-state index contributed by atoms with van der Waals surface area (Å²) in [4.78, 5) is 11.7. The van der Waals surface area contributed by atoms with Crippen LogP contribution in [0.25, 0.3) is 0 Å². The van der Waals surface area contributed by atoms with Crippen molar-refractivity contribution in [1.29, 1.82) is 0 Å². The van der Waals surface area contributed by atoms with E-state index in [1.807, 2.05) is 6.92 Å². The summed E-state index contributed by atoms with van der Waals surface area (Å²) in [5.74, 6) is -0.193. The fourth-order valence-electron chi connectivity index (χ4n) is 2.09. The molecule has 2 aromatic heterocycles. The minimum atomic E-state index is -4.44. The number of nitrogens with one attached hydrogen (secondary N) is 1. The van der Waals surface area contributed by atoms with Crippen molar-refractivity contribution in [3.05, 3.63) is 35.4 Å². The molecule has 126 valence electrons. The molecular formula is C14H18F3N5O. The van der Waals surface area contributed by atoms with Gasteiger partial charge in [-0.3, -0.25) is 14.2 Å². The number of carbonyl (C=O) groups excluding carboxylic acids is 1. The highest BCUT2D eigenvalue weighted by Crippen LogP contribution is 2.28. The lowest BCUT2D eigenvalue weighted by Gasteiger charge is -2.07. The molecule has 0 unspecified atom stereocenters.